The molecule has 0 radical (unpaired) electrons. The predicted octanol–water partition coefficient (Wildman–Crippen LogP) is 5.44. The Kier molecular flexibility index (Phi) is 6.34. The number of hydrogen-bond acceptors (Lipinski definition) is 0. The van der Waals surface area contributed by atoms with E-state index in [2.05, 4.69) is 0 Å². The van der Waals surface area contributed by atoms with Gasteiger partial charge in [-0.25, -0.2) is 0 Å². The molecule has 0 unspecified atom stereocenters. The number of rotatable bonds is 0. The molecule has 0 bridgehead atoms. The van der Waals surface area contributed by atoms with Crippen molar-refractivity contribution in [3.63, 3.8) is 0 Å². The van der Waals surface area contributed by atoms with E-state index in [0.717, 1.165) is 0 Å². The van der Waals surface area contributed by atoms with Gasteiger partial charge in [0.1, 0.15) is 0 Å². The molecule has 2 rings (SSSR count). The van der Waals surface area contributed by atoms with Gasteiger partial charge in [-0.1, -0.05) is 0 Å². The summed E-state index contributed by atoms with van der Waals surface area (Å²) in [5, 5.41) is 0. The Labute approximate surface area is 109 Å². The molecule has 2 aliphatic rings. The molecule has 0 atom stereocenters. The van der Waals surface area contributed by atoms with Gasteiger partial charge < -0.3 is 0 Å². The molecular weight excluding hydrogens is 223 g/mol. The second-order valence-electron chi connectivity index (χ2n) is 6.74. The maximum atomic E-state index is 1.70. The van der Waals surface area contributed by atoms with Crippen LogP contribution in [0.2, 0.25) is 0 Å². The van der Waals surface area contributed by atoms with E-state index < -0.39 is 7.26 Å². The molecule has 17 heavy (non-hydrogen) atoms. The first-order valence-corrected chi connectivity index (χ1v) is 11.2. The van der Waals surface area contributed by atoms with E-state index in [1.165, 1.54) is 25.7 Å². The van der Waals surface area contributed by atoms with Gasteiger partial charge in [-0.3, -0.25) is 0 Å². The normalized spacial score (nSPS) is 30.1. The second kappa shape index (κ2) is 7.78. The SMILES string of the molecule is C1CCCC[PH]2(CCC1)CCCCCCCC2. The Morgan fingerprint density at radius 2 is 0.529 bits per heavy atom. The first-order valence-electron chi connectivity index (χ1n) is 8.41. The summed E-state index contributed by atoms with van der Waals surface area (Å²) in [6.07, 6.45) is 25.5. The van der Waals surface area contributed by atoms with E-state index in [1.807, 2.05) is 0 Å². The molecule has 0 amide bonds. The Morgan fingerprint density at radius 3 is 0.824 bits per heavy atom. The molecule has 0 aliphatic carbocycles. The maximum absolute atomic E-state index is 1.70. The average Bonchev–Trinajstić information content (AvgIpc) is 2.52. The summed E-state index contributed by atoms with van der Waals surface area (Å²) in [7, 11) is -0.799. The van der Waals surface area contributed by atoms with Gasteiger partial charge in [0.2, 0.25) is 0 Å². The molecule has 0 saturated carbocycles. The van der Waals surface area contributed by atoms with E-state index in [0.29, 0.717) is 0 Å². The fourth-order valence-corrected chi connectivity index (χ4v) is 9.66. The fourth-order valence-electron chi connectivity index (χ4n) is 4.16. The zero-order chi connectivity index (χ0) is 11.8. The van der Waals surface area contributed by atoms with Crippen molar-refractivity contribution in [1.82, 2.24) is 0 Å². The molecule has 0 aromatic rings. The van der Waals surface area contributed by atoms with Crippen LogP contribution in [0, 0.1) is 0 Å². The van der Waals surface area contributed by atoms with E-state index in [4.69, 9.17) is 0 Å². The summed E-state index contributed by atoms with van der Waals surface area (Å²) in [4.78, 5) is 0. The molecule has 0 aromatic heterocycles. The molecule has 0 N–H and O–H groups in total. The minimum atomic E-state index is -0.799. The monoisotopic (exact) mass is 256 g/mol. The summed E-state index contributed by atoms with van der Waals surface area (Å²) >= 11 is 0. The van der Waals surface area contributed by atoms with Gasteiger partial charge in [0.05, 0.1) is 0 Å². The first kappa shape index (κ1) is 13.9. The molecule has 0 aromatic carbocycles. The topological polar surface area (TPSA) is 0 Å². The molecule has 2 aliphatic heterocycles. The van der Waals surface area contributed by atoms with Gasteiger partial charge in [-0.15, -0.1) is 0 Å². The van der Waals surface area contributed by atoms with Crippen LogP contribution in [-0.2, 0) is 0 Å². The molecule has 0 nitrogen and oxygen atoms in total. The fraction of sp³-hybridized carbons (Fsp3) is 1.00. The van der Waals surface area contributed by atoms with Crippen LogP contribution in [0.25, 0.3) is 0 Å². The third-order valence-electron chi connectivity index (χ3n) is 5.33. The standard InChI is InChI=1S/C16H33P/c1-2-6-10-14-17(13-9-5-1)15-11-7-3-4-8-12-16-17/h17H,1-16H2. The van der Waals surface area contributed by atoms with Crippen molar-refractivity contribution < 1.29 is 0 Å². The van der Waals surface area contributed by atoms with Gasteiger partial charge in [-0.05, 0) is 0 Å². The van der Waals surface area contributed by atoms with Crippen molar-refractivity contribution in [2.45, 2.75) is 77.0 Å². The average molecular weight is 256 g/mol. The summed E-state index contributed by atoms with van der Waals surface area (Å²) in [5.74, 6) is 0. The Balaban J connectivity index is 1.93. The summed E-state index contributed by atoms with van der Waals surface area (Å²) in [5.41, 5.74) is 0. The molecule has 2 saturated heterocycles. The van der Waals surface area contributed by atoms with Crippen LogP contribution in [0.5, 0.6) is 0 Å². The van der Waals surface area contributed by atoms with Crippen LogP contribution in [0.1, 0.15) is 77.0 Å². The molecule has 1 spiro atoms. The van der Waals surface area contributed by atoms with Crippen molar-refractivity contribution in [3.8, 4) is 0 Å². The van der Waals surface area contributed by atoms with Crippen molar-refractivity contribution in [2.75, 3.05) is 24.6 Å². The Bertz CT molecular complexity index is 154. The van der Waals surface area contributed by atoms with Crippen LogP contribution in [-0.4, -0.2) is 24.6 Å². The third-order valence-corrected chi connectivity index (χ3v) is 11.0. The van der Waals surface area contributed by atoms with E-state index in [1.54, 1.807) is 76.0 Å². The molecular formula is C16H33P. The zero-order valence-corrected chi connectivity index (χ0v) is 12.8. The van der Waals surface area contributed by atoms with Crippen molar-refractivity contribution in [2.24, 2.45) is 0 Å². The molecule has 2 fully saturated rings. The van der Waals surface area contributed by atoms with Gasteiger partial charge in [-0.2, -0.15) is 0 Å². The molecule has 2 heterocycles. The third kappa shape index (κ3) is 4.90. The van der Waals surface area contributed by atoms with Gasteiger partial charge >= 0.3 is 109 Å². The van der Waals surface area contributed by atoms with E-state index in [9.17, 15) is 0 Å². The Morgan fingerprint density at radius 1 is 0.294 bits per heavy atom. The van der Waals surface area contributed by atoms with Crippen LogP contribution < -0.4 is 0 Å². The molecule has 102 valence electrons. The summed E-state index contributed by atoms with van der Waals surface area (Å²) in [6, 6.07) is 0. The second-order valence-corrected chi connectivity index (χ2v) is 11.7. The first-order chi connectivity index (χ1) is 8.41. The minimum absolute atomic E-state index is 0.799. The number of hydrogen-bond donors (Lipinski definition) is 0. The van der Waals surface area contributed by atoms with Crippen molar-refractivity contribution >= 4 is 7.26 Å². The van der Waals surface area contributed by atoms with Crippen LogP contribution >= 0.6 is 7.26 Å². The van der Waals surface area contributed by atoms with E-state index in [-0.39, 0.29) is 0 Å². The Hall–Kier alpha value is 0.430. The van der Waals surface area contributed by atoms with Crippen molar-refractivity contribution in [3.05, 3.63) is 0 Å². The van der Waals surface area contributed by atoms with Gasteiger partial charge in [0.15, 0.2) is 0 Å². The quantitative estimate of drug-likeness (QED) is 0.506. The summed E-state index contributed by atoms with van der Waals surface area (Å²) < 4.78 is 0. The van der Waals surface area contributed by atoms with Crippen LogP contribution in [0.3, 0.4) is 0 Å². The summed E-state index contributed by atoms with van der Waals surface area (Å²) in [6.45, 7) is 0. The van der Waals surface area contributed by atoms with Crippen LogP contribution in [0.4, 0.5) is 0 Å². The van der Waals surface area contributed by atoms with E-state index >= 15 is 0 Å². The van der Waals surface area contributed by atoms with Crippen molar-refractivity contribution in [1.29, 1.82) is 0 Å². The van der Waals surface area contributed by atoms with Crippen LogP contribution in [0.15, 0.2) is 0 Å². The predicted molar refractivity (Wildman–Crippen MR) is 83.2 cm³/mol. The zero-order valence-electron chi connectivity index (χ0n) is 11.8. The molecule has 1 heteroatoms. The van der Waals surface area contributed by atoms with Gasteiger partial charge in [0.25, 0.3) is 0 Å². The van der Waals surface area contributed by atoms with Gasteiger partial charge in [0, 0.05) is 0 Å².